The fourth-order valence-corrected chi connectivity index (χ4v) is 9.26. The van der Waals surface area contributed by atoms with Crippen LogP contribution in [-0.2, 0) is 0 Å². The average Bonchev–Trinajstić information content (AvgIpc) is 4.10. The molecule has 2 atom stereocenters. The Bertz CT molecular complexity index is 2330. The first-order valence-electron chi connectivity index (χ1n) is 21.7. The maximum absolute atomic E-state index is 6.69. The van der Waals surface area contributed by atoms with Gasteiger partial charge in [-0.3, -0.25) is 8.97 Å². The Morgan fingerprint density at radius 1 is 0.414 bits per heavy atom. The third-order valence-electron chi connectivity index (χ3n) is 13.1. The number of hydrogen-bond donors (Lipinski definition) is 4. The Morgan fingerprint density at radius 2 is 0.776 bits per heavy atom. The van der Waals surface area contributed by atoms with Crippen molar-refractivity contribution in [1.29, 1.82) is 0 Å². The topological polar surface area (TPSA) is 81.6 Å². The molecule has 2 aromatic carbocycles. The number of ether oxygens (including phenoxy) is 2. The summed E-state index contributed by atoms with van der Waals surface area (Å²) in [7, 11) is 0. The van der Waals surface area contributed by atoms with E-state index in [1.54, 1.807) is 0 Å². The van der Waals surface area contributed by atoms with E-state index in [-0.39, 0.29) is 12.5 Å². The molecule has 8 bridgehead atoms. The summed E-state index contributed by atoms with van der Waals surface area (Å²) in [6, 6.07) is 34.5. The number of hydrogen-bond acceptors (Lipinski definition) is 2. The molecule has 8 nitrogen and oxygen atoms in total. The van der Waals surface area contributed by atoms with E-state index in [1.807, 2.05) is 0 Å². The number of benzene rings is 2. The van der Waals surface area contributed by atoms with Crippen molar-refractivity contribution in [2.75, 3.05) is 39.3 Å². The molecule has 4 aromatic heterocycles. The maximum atomic E-state index is 6.69. The molecule has 2 unspecified atom stereocenters. The minimum Gasteiger partial charge on any atom is -0.443 e. The fraction of sp³-hybridized carbons (Fsp3) is 0.360. The van der Waals surface area contributed by atoms with Gasteiger partial charge in [0.05, 0.1) is 39.3 Å². The zero-order chi connectivity index (χ0) is 40.9. The summed E-state index contributed by atoms with van der Waals surface area (Å²) in [5.41, 5.74) is 8.51. The number of quaternary nitrogens is 2. The molecule has 0 spiro atoms. The zero-order valence-electron chi connectivity index (χ0n) is 35.9. The molecule has 6 aromatic rings. The lowest BCUT2D eigenvalue weighted by Crippen LogP contribution is -2.57. The van der Waals surface area contributed by atoms with E-state index in [0.29, 0.717) is 0 Å². The molecule has 5 heterocycles. The van der Waals surface area contributed by atoms with E-state index >= 15 is 0 Å². The van der Waals surface area contributed by atoms with Gasteiger partial charge in [-0.1, -0.05) is 38.1 Å². The summed E-state index contributed by atoms with van der Waals surface area (Å²) in [6.07, 6.45) is 6.50. The van der Waals surface area contributed by atoms with Crippen LogP contribution in [0.5, 0.6) is 11.5 Å². The van der Waals surface area contributed by atoms with Gasteiger partial charge in [0.15, 0.2) is 0 Å². The van der Waals surface area contributed by atoms with Crippen LogP contribution in [0.15, 0.2) is 97.1 Å². The van der Waals surface area contributed by atoms with Crippen LogP contribution >= 0.6 is 0 Å². The number of aromatic amines is 4. The molecule has 4 N–H and O–H groups in total. The molecule has 0 radical (unpaired) electrons. The van der Waals surface area contributed by atoms with Crippen LogP contribution < -0.4 is 30.9 Å². The van der Waals surface area contributed by atoms with Gasteiger partial charge in [-0.2, -0.15) is 0 Å². The maximum Gasteiger partial charge on any atom is 0.233 e. The molecule has 1 aliphatic heterocycles. The Hall–Kier alpha value is -5.44. The van der Waals surface area contributed by atoms with E-state index in [2.05, 4.69) is 185 Å². The van der Waals surface area contributed by atoms with Crippen molar-refractivity contribution in [3.63, 3.8) is 0 Å². The number of H-pyrrole nitrogens is 4. The first-order chi connectivity index (χ1) is 28.2. The van der Waals surface area contributed by atoms with Gasteiger partial charge >= 0.3 is 0 Å². The Kier molecular flexibility index (Phi) is 12.4. The molecule has 0 saturated heterocycles. The molecule has 0 aliphatic carbocycles. The highest BCUT2D eigenvalue weighted by molar-refractivity contribution is 5.79. The van der Waals surface area contributed by atoms with Crippen molar-refractivity contribution in [3.05, 3.63) is 152 Å². The molecule has 0 fully saturated rings. The van der Waals surface area contributed by atoms with Crippen molar-refractivity contribution < 1.29 is 18.4 Å². The van der Waals surface area contributed by atoms with Crippen LogP contribution in [0.2, 0.25) is 0 Å². The summed E-state index contributed by atoms with van der Waals surface area (Å²) in [4.78, 5) is 14.9. The van der Waals surface area contributed by atoms with Crippen LogP contribution in [0.3, 0.4) is 0 Å². The van der Waals surface area contributed by atoms with Crippen LogP contribution in [0.25, 0.3) is 23.3 Å². The number of fused-ring (bicyclic) bond motifs is 8. The number of nitrogens with one attached hydrogen (secondary N) is 4. The second-order valence-electron chi connectivity index (χ2n) is 15.7. The molecule has 7 rings (SSSR count). The molecule has 0 amide bonds. The lowest BCUT2D eigenvalue weighted by molar-refractivity contribution is -0.963. The summed E-state index contributed by atoms with van der Waals surface area (Å²) >= 11 is 0. The first-order valence-corrected chi connectivity index (χ1v) is 21.7. The van der Waals surface area contributed by atoms with Gasteiger partial charge in [0.25, 0.3) is 0 Å². The van der Waals surface area contributed by atoms with Crippen LogP contribution in [0.4, 0.5) is 0 Å². The van der Waals surface area contributed by atoms with E-state index in [9.17, 15) is 0 Å². The third kappa shape index (κ3) is 8.00. The van der Waals surface area contributed by atoms with Crippen LogP contribution in [0, 0.1) is 0 Å². The van der Waals surface area contributed by atoms with Crippen molar-refractivity contribution >= 4 is 23.3 Å². The highest BCUT2D eigenvalue weighted by Gasteiger charge is 2.34. The molecule has 8 heteroatoms. The predicted octanol–water partition coefficient (Wildman–Crippen LogP) is 7.45. The van der Waals surface area contributed by atoms with Gasteiger partial charge in [0.1, 0.15) is 11.5 Å². The van der Waals surface area contributed by atoms with Gasteiger partial charge < -0.3 is 29.4 Å². The van der Waals surface area contributed by atoms with Crippen molar-refractivity contribution in [2.45, 2.75) is 80.7 Å². The average molecular weight is 781 g/mol. The lowest BCUT2D eigenvalue weighted by Gasteiger charge is -2.42. The summed E-state index contributed by atoms with van der Waals surface area (Å²) in [5, 5.41) is 4.10. The van der Waals surface area contributed by atoms with Gasteiger partial charge in [-0.15, -0.1) is 0 Å². The van der Waals surface area contributed by atoms with E-state index in [1.165, 1.54) is 0 Å². The zero-order valence-corrected chi connectivity index (χ0v) is 35.9. The smallest absolute Gasteiger partial charge is 0.233 e. The molecular formula is C50H64N6O2+2. The standard InChI is InChI=1S/C50H64N6O2/c1-9-47(55(11-3,12-4)13-5)57-41-25-17-35(18-26-41)49-43-29-21-37(51-43)33-39-23-31-45(53-39)50(46-32-24-40(54-46)34-38-22-30-44(49)52-38)36-19-27-42(28-20-36)58-48(10-2)56(14-6,15-7)16-8/h17-34,47-48,51-54H,9-16H2,1-8H3/q+2. The SMILES string of the molecule is CCC(Oc1ccc(C2=c3ccc([nH]3)=Cc3ccc([nH]3)C(c3ccc(OC(CC)[N+](CC)(CC)CC)cc3)=c3ccc([nH]3)=Cc3ccc2[nH]3)cc1)[N+](CC)(CC)CC. The summed E-state index contributed by atoms with van der Waals surface area (Å²) in [5.74, 6) is 1.81. The number of rotatable bonds is 16. The second kappa shape index (κ2) is 17.6. The second-order valence-corrected chi connectivity index (χ2v) is 15.7. The largest absolute Gasteiger partial charge is 0.443 e. The number of aromatic nitrogens is 4. The van der Waals surface area contributed by atoms with Gasteiger partial charge in [0, 0.05) is 68.2 Å². The summed E-state index contributed by atoms with van der Waals surface area (Å²) in [6.45, 7) is 24.4. The normalized spacial score (nSPS) is 14.1. The molecule has 1 aliphatic rings. The van der Waals surface area contributed by atoms with Gasteiger partial charge in [-0.05, 0) is 138 Å². The van der Waals surface area contributed by atoms with Crippen molar-refractivity contribution in [3.8, 4) is 11.5 Å². The monoisotopic (exact) mass is 781 g/mol. The third-order valence-corrected chi connectivity index (χ3v) is 13.1. The Morgan fingerprint density at radius 3 is 1.10 bits per heavy atom. The summed E-state index contributed by atoms with van der Waals surface area (Å²) < 4.78 is 15.3. The lowest BCUT2D eigenvalue weighted by atomic mass is 10.0. The molecule has 304 valence electrons. The quantitative estimate of drug-likeness (QED) is 0.0608. The van der Waals surface area contributed by atoms with Crippen LogP contribution in [0.1, 0.15) is 102 Å². The highest BCUT2D eigenvalue weighted by Crippen LogP contribution is 2.28. The number of nitrogens with zero attached hydrogens (tertiary/aromatic N) is 2. The van der Waals surface area contributed by atoms with Gasteiger partial charge in [0.2, 0.25) is 12.5 Å². The van der Waals surface area contributed by atoms with E-state index < -0.39 is 0 Å². The van der Waals surface area contributed by atoms with Gasteiger partial charge in [-0.25, -0.2) is 0 Å². The molecule has 0 saturated carbocycles. The fourth-order valence-electron chi connectivity index (χ4n) is 9.26. The molecular weight excluding hydrogens is 717 g/mol. The Balaban J connectivity index is 1.27. The van der Waals surface area contributed by atoms with Crippen molar-refractivity contribution in [1.82, 2.24) is 19.9 Å². The van der Waals surface area contributed by atoms with E-state index in [4.69, 9.17) is 9.47 Å². The predicted molar refractivity (Wildman–Crippen MR) is 238 cm³/mol. The van der Waals surface area contributed by atoms with E-state index in [0.717, 1.165) is 139 Å². The minimum absolute atomic E-state index is 0.116. The van der Waals surface area contributed by atoms with Crippen LogP contribution in [-0.4, -0.2) is 80.6 Å². The minimum atomic E-state index is 0.116. The first kappa shape index (κ1) is 40.7. The van der Waals surface area contributed by atoms with Crippen molar-refractivity contribution in [2.24, 2.45) is 0 Å². The molecule has 58 heavy (non-hydrogen) atoms. The Labute approximate surface area is 344 Å². The highest BCUT2D eigenvalue weighted by atomic mass is 16.5.